The third kappa shape index (κ3) is 5.77. The molecule has 0 saturated carbocycles. The van der Waals surface area contributed by atoms with Crippen LogP contribution in [-0.2, 0) is 6.61 Å². The van der Waals surface area contributed by atoms with Crippen LogP contribution in [0.25, 0.3) is 0 Å². The van der Waals surface area contributed by atoms with Crippen molar-refractivity contribution in [2.75, 3.05) is 14.2 Å². The van der Waals surface area contributed by atoms with E-state index in [2.05, 4.69) is 15.8 Å². The van der Waals surface area contributed by atoms with Gasteiger partial charge in [-0.3, -0.25) is 5.43 Å². The number of hydrogen-bond acceptors (Lipinski definition) is 4. The smallest absolute Gasteiger partial charge is 0.186 e. The van der Waals surface area contributed by atoms with Crippen molar-refractivity contribution in [1.29, 1.82) is 0 Å². The Balaban J connectivity index is 2.05. The molecule has 0 aromatic heterocycles. The average Bonchev–Trinajstić information content (AvgIpc) is 2.62. The van der Waals surface area contributed by atoms with Crippen LogP contribution in [0.5, 0.6) is 11.5 Å². The molecule has 8 heteroatoms. The molecule has 0 radical (unpaired) electrons. The molecule has 0 amide bonds. The van der Waals surface area contributed by atoms with Gasteiger partial charge in [-0.1, -0.05) is 29.3 Å². The Labute approximate surface area is 161 Å². The summed E-state index contributed by atoms with van der Waals surface area (Å²) >= 11 is 16.9. The van der Waals surface area contributed by atoms with E-state index in [1.165, 1.54) is 0 Å². The van der Waals surface area contributed by atoms with Crippen molar-refractivity contribution in [3.05, 3.63) is 57.6 Å². The minimum atomic E-state index is 0.346. The van der Waals surface area contributed by atoms with Crippen molar-refractivity contribution in [2.24, 2.45) is 5.10 Å². The van der Waals surface area contributed by atoms with E-state index in [9.17, 15) is 0 Å². The van der Waals surface area contributed by atoms with Gasteiger partial charge in [0.1, 0.15) is 6.61 Å². The summed E-state index contributed by atoms with van der Waals surface area (Å²) < 4.78 is 11.2. The van der Waals surface area contributed by atoms with Crippen molar-refractivity contribution in [3.8, 4) is 11.5 Å². The van der Waals surface area contributed by atoms with Gasteiger partial charge < -0.3 is 14.8 Å². The number of nitrogens with one attached hydrogen (secondary N) is 2. The van der Waals surface area contributed by atoms with Gasteiger partial charge in [0.25, 0.3) is 0 Å². The molecule has 2 aromatic rings. The van der Waals surface area contributed by atoms with Crippen LogP contribution in [0.4, 0.5) is 0 Å². The zero-order chi connectivity index (χ0) is 18.2. The lowest BCUT2D eigenvalue weighted by molar-refractivity contribution is 0.284. The normalized spacial score (nSPS) is 10.6. The van der Waals surface area contributed by atoms with Gasteiger partial charge >= 0.3 is 0 Å². The summed E-state index contributed by atoms with van der Waals surface area (Å²) in [7, 11) is 3.30. The van der Waals surface area contributed by atoms with Gasteiger partial charge in [0.15, 0.2) is 16.6 Å². The fourth-order valence-corrected chi connectivity index (χ4v) is 2.27. The van der Waals surface area contributed by atoms with Crippen LogP contribution < -0.4 is 20.2 Å². The second-order valence-electron chi connectivity index (χ2n) is 4.90. The maximum absolute atomic E-state index is 6.01. The van der Waals surface area contributed by atoms with Gasteiger partial charge in [-0.25, -0.2) is 0 Å². The summed E-state index contributed by atoms with van der Waals surface area (Å²) in [4.78, 5) is 0. The Morgan fingerprint density at radius 1 is 1.16 bits per heavy atom. The van der Waals surface area contributed by atoms with E-state index < -0.39 is 0 Å². The third-order valence-electron chi connectivity index (χ3n) is 3.17. The van der Waals surface area contributed by atoms with Gasteiger partial charge in [-0.15, -0.1) is 0 Å². The molecule has 0 aliphatic rings. The molecule has 0 bridgehead atoms. The van der Waals surface area contributed by atoms with Crippen molar-refractivity contribution >= 4 is 46.7 Å². The van der Waals surface area contributed by atoms with E-state index in [0.717, 1.165) is 11.1 Å². The monoisotopic (exact) mass is 397 g/mol. The van der Waals surface area contributed by atoms with E-state index >= 15 is 0 Å². The van der Waals surface area contributed by atoms with Crippen LogP contribution in [-0.4, -0.2) is 25.5 Å². The minimum Gasteiger partial charge on any atom is -0.493 e. The highest BCUT2D eigenvalue weighted by Crippen LogP contribution is 2.29. The predicted molar refractivity (Wildman–Crippen MR) is 106 cm³/mol. The second kappa shape index (κ2) is 9.46. The van der Waals surface area contributed by atoms with Crippen LogP contribution >= 0.6 is 35.4 Å². The Hall–Kier alpha value is -2.02. The summed E-state index contributed by atoms with van der Waals surface area (Å²) in [6.45, 7) is 0.346. The first-order chi connectivity index (χ1) is 12.0. The summed E-state index contributed by atoms with van der Waals surface area (Å²) in [6, 6.07) is 10.9. The first kappa shape index (κ1) is 19.3. The topological polar surface area (TPSA) is 54.9 Å². The quantitative estimate of drug-likeness (QED) is 0.438. The molecular formula is C17H17Cl2N3O2S. The summed E-state index contributed by atoms with van der Waals surface area (Å²) in [5.41, 5.74) is 4.43. The van der Waals surface area contributed by atoms with Gasteiger partial charge in [0, 0.05) is 7.05 Å². The first-order valence-electron chi connectivity index (χ1n) is 7.29. The standard InChI is InChI=1S/C17H17Cl2N3O2S/c1-20-17(25)22-21-9-11-4-6-15(16(8-11)23-2)24-10-12-3-5-13(18)14(19)7-12/h3-9H,10H2,1-2H3,(H2,20,22,25)/b21-9+. The van der Waals surface area contributed by atoms with Crippen molar-refractivity contribution in [3.63, 3.8) is 0 Å². The highest BCUT2D eigenvalue weighted by Gasteiger charge is 2.07. The maximum atomic E-state index is 6.01. The number of hydrazone groups is 1. The zero-order valence-corrected chi connectivity index (χ0v) is 16.0. The molecule has 0 aliphatic carbocycles. The third-order valence-corrected chi connectivity index (χ3v) is 4.21. The van der Waals surface area contributed by atoms with Gasteiger partial charge in [-0.2, -0.15) is 5.10 Å². The van der Waals surface area contributed by atoms with E-state index in [0.29, 0.717) is 33.3 Å². The molecule has 2 rings (SSSR count). The Kier molecular flexibility index (Phi) is 7.31. The lowest BCUT2D eigenvalue weighted by Gasteiger charge is -2.12. The number of hydrogen-bond donors (Lipinski definition) is 2. The van der Waals surface area contributed by atoms with Crippen LogP contribution in [0, 0.1) is 0 Å². The van der Waals surface area contributed by atoms with E-state index in [1.54, 1.807) is 32.5 Å². The summed E-state index contributed by atoms with van der Waals surface area (Å²) in [6.07, 6.45) is 1.63. The van der Waals surface area contributed by atoms with E-state index in [4.69, 9.17) is 44.9 Å². The number of nitrogens with zero attached hydrogens (tertiary/aromatic N) is 1. The van der Waals surface area contributed by atoms with Gasteiger partial charge in [0.2, 0.25) is 0 Å². The second-order valence-corrected chi connectivity index (χ2v) is 6.12. The molecule has 5 nitrogen and oxygen atoms in total. The predicted octanol–water partition coefficient (Wildman–Crippen LogP) is 4.01. The lowest BCUT2D eigenvalue weighted by atomic mass is 10.2. The summed E-state index contributed by atoms with van der Waals surface area (Å²) in [5.74, 6) is 1.21. The molecule has 25 heavy (non-hydrogen) atoms. The molecule has 0 unspecified atom stereocenters. The molecule has 0 heterocycles. The fraction of sp³-hybridized carbons (Fsp3) is 0.176. The number of thiocarbonyl (C=S) groups is 1. The number of benzene rings is 2. The Morgan fingerprint density at radius 2 is 1.96 bits per heavy atom. The van der Waals surface area contributed by atoms with Crippen molar-refractivity contribution < 1.29 is 9.47 Å². The van der Waals surface area contributed by atoms with Crippen LogP contribution in [0.2, 0.25) is 10.0 Å². The molecule has 0 fully saturated rings. The molecule has 0 spiro atoms. The van der Waals surface area contributed by atoms with Gasteiger partial charge in [0.05, 0.1) is 23.4 Å². The summed E-state index contributed by atoms with van der Waals surface area (Å²) in [5, 5.41) is 8.23. The number of halogens is 2. The molecular weight excluding hydrogens is 381 g/mol. The van der Waals surface area contributed by atoms with Crippen LogP contribution in [0.3, 0.4) is 0 Å². The highest BCUT2D eigenvalue weighted by molar-refractivity contribution is 7.80. The Morgan fingerprint density at radius 3 is 2.64 bits per heavy atom. The average molecular weight is 398 g/mol. The highest BCUT2D eigenvalue weighted by atomic mass is 35.5. The SMILES string of the molecule is CNC(=S)N/N=C/c1ccc(OCc2ccc(Cl)c(Cl)c2)c(OC)c1. The zero-order valence-electron chi connectivity index (χ0n) is 13.7. The maximum Gasteiger partial charge on any atom is 0.186 e. The first-order valence-corrected chi connectivity index (χ1v) is 8.45. The number of rotatable bonds is 6. The molecule has 0 saturated heterocycles. The molecule has 2 aromatic carbocycles. The largest absolute Gasteiger partial charge is 0.493 e. The lowest BCUT2D eigenvalue weighted by Crippen LogP contribution is -2.28. The minimum absolute atomic E-state index is 0.346. The van der Waals surface area contributed by atoms with Crippen LogP contribution in [0.15, 0.2) is 41.5 Å². The van der Waals surface area contributed by atoms with Gasteiger partial charge in [-0.05, 0) is 53.7 Å². The fourth-order valence-electron chi connectivity index (χ4n) is 1.90. The van der Waals surface area contributed by atoms with E-state index in [-0.39, 0.29) is 0 Å². The molecule has 132 valence electrons. The van der Waals surface area contributed by atoms with Crippen molar-refractivity contribution in [1.82, 2.24) is 10.7 Å². The number of methoxy groups -OCH3 is 1. The number of ether oxygens (including phenoxy) is 2. The molecule has 0 aliphatic heterocycles. The molecule has 0 atom stereocenters. The molecule has 2 N–H and O–H groups in total. The van der Waals surface area contributed by atoms with Crippen LogP contribution in [0.1, 0.15) is 11.1 Å². The Bertz CT molecular complexity index is 784. The van der Waals surface area contributed by atoms with E-state index in [1.807, 2.05) is 24.3 Å². The van der Waals surface area contributed by atoms with Crippen molar-refractivity contribution in [2.45, 2.75) is 6.61 Å².